The van der Waals surface area contributed by atoms with Gasteiger partial charge in [-0.15, -0.1) is 11.3 Å². The topological polar surface area (TPSA) is 24.9 Å². The van der Waals surface area contributed by atoms with Gasteiger partial charge >= 0.3 is 6.18 Å². The normalized spacial score (nSPS) is 15.4. The fourth-order valence-electron chi connectivity index (χ4n) is 1.93. The largest absolute Gasteiger partial charge is 0.434 e. The summed E-state index contributed by atoms with van der Waals surface area (Å²) < 4.78 is 39.2. The molecule has 1 fully saturated rings. The third kappa shape index (κ3) is 3.56. The molecule has 1 N–H and O–H groups in total. The number of alkyl halides is 3. The summed E-state index contributed by atoms with van der Waals surface area (Å²) in [6.07, 6.45) is -2.36. The first-order chi connectivity index (χ1) is 9.93. The zero-order chi connectivity index (χ0) is 15.0. The third-order valence-corrected chi connectivity index (χ3v) is 4.54. The molecule has 1 aliphatic carbocycles. The molecule has 1 aromatic heterocycles. The Morgan fingerprint density at radius 2 is 1.90 bits per heavy atom. The van der Waals surface area contributed by atoms with Crippen LogP contribution in [0.25, 0.3) is 10.6 Å². The predicted molar refractivity (Wildman–Crippen MR) is 77.4 cm³/mol. The molecule has 0 saturated heterocycles. The van der Waals surface area contributed by atoms with Crippen molar-refractivity contribution in [2.45, 2.75) is 31.6 Å². The van der Waals surface area contributed by atoms with Gasteiger partial charge in [0.2, 0.25) is 0 Å². The Balaban J connectivity index is 1.91. The van der Waals surface area contributed by atoms with Crippen molar-refractivity contribution in [3.05, 3.63) is 39.9 Å². The van der Waals surface area contributed by atoms with Crippen molar-refractivity contribution in [2.75, 3.05) is 0 Å². The molecule has 2 nitrogen and oxygen atoms in total. The number of benzene rings is 1. The van der Waals surface area contributed by atoms with Crippen LogP contribution in [0, 0.1) is 0 Å². The van der Waals surface area contributed by atoms with Crippen LogP contribution in [0.5, 0.6) is 0 Å². The van der Waals surface area contributed by atoms with E-state index < -0.39 is 11.9 Å². The summed E-state index contributed by atoms with van der Waals surface area (Å²) in [6.45, 7) is 0.213. The number of halogens is 4. The molecule has 1 saturated carbocycles. The first-order valence-corrected chi connectivity index (χ1v) is 7.69. The number of nitrogens with zero attached hydrogens (tertiary/aromatic N) is 1. The van der Waals surface area contributed by atoms with Gasteiger partial charge in [0.15, 0.2) is 5.69 Å². The molecule has 0 aliphatic heterocycles. The third-order valence-electron chi connectivity index (χ3n) is 3.19. The van der Waals surface area contributed by atoms with Crippen LogP contribution >= 0.6 is 22.9 Å². The first kappa shape index (κ1) is 14.8. The van der Waals surface area contributed by atoms with Crippen molar-refractivity contribution in [1.29, 1.82) is 0 Å². The van der Waals surface area contributed by atoms with E-state index in [0.717, 1.165) is 24.2 Å². The molecule has 0 atom stereocenters. The predicted octanol–water partition coefficient (Wildman–Crippen LogP) is 4.73. The van der Waals surface area contributed by atoms with Crippen LogP contribution in [0.4, 0.5) is 13.2 Å². The van der Waals surface area contributed by atoms with Crippen LogP contribution in [-0.4, -0.2) is 11.0 Å². The minimum atomic E-state index is -4.43. The molecule has 1 heterocycles. The molecular weight excluding hydrogens is 321 g/mol. The minimum Gasteiger partial charge on any atom is -0.309 e. The van der Waals surface area contributed by atoms with Crippen molar-refractivity contribution in [3.8, 4) is 10.6 Å². The number of rotatable bonds is 4. The standard InChI is InChI=1S/C14H12ClF3N2S/c15-9-3-1-8(2-4-9)13-20-12(14(16,17)18)11(21-13)7-19-10-5-6-10/h1-4,10,19H,5-7H2. The first-order valence-electron chi connectivity index (χ1n) is 6.50. The lowest BCUT2D eigenvalue weighted by molar-refractivity contribution is -0.141. The Kier molecular flexibility index (Phi) is 3.94. The highest BCUT2D eigenvalue weighted by molar-refractivity contribution is 7.15. The van der Waals surface area contributed by atoms with Crippen LogP contribution in [-0.2, 0) is 12.7 Å². The van der Waals surface area contributed by atoms with Gasteiger partial charge in [0.05, 0.1) is 4.88 Å². The van der Waals surface area contributed by atoms with Gasteiger partial charge in [-0.1, -0.05) is 23.7 Å². The van der Waals surface area contributed by atoms with Crippen LogP contribution in [0.1, 0.15) is 23.4 Å². The van der Waals surface area contributed by atoms with E-state index in [-0.39, 0.29) is 11.4 Å². The van der Waals surface area contributed by atoms with Gasteiger partial charge in [-0.3, -0.25) is 0 Å². The molecule has 0 spiro atoms. The lowest BCUT2D eigenvalue weighted by Gasteiger charge is -2.06. The molecular formula is C14H12ClF3N2S. The number of hydrogen-bond donors (Lipinski definition) is 1. The van der Waals surface area contributed by atoms with Crippen molar-refractivity contribution in [1.82, 2.24) is 10.3 Å². The summed E-state index contributed by atoms with van der Waals surface area (Å²) in [5.41, 5.74) is -0.141. The molecule has 1 aromatic carbocycles. The van der Waals surface area contributed by atoms with Gasteiger partial charge in [-0.05, 0) is 25.0 Å². The highest BCUT2D eigenvalue weighted by Gasteiger charge is 2.37. The van der Waals surface area contributed by atoms with Gasteiger partial charge in [-0.2, -0.15) is 13.2 Å². The van der Waals surface area contributed by atoms with Crippen molar-refractivity contribution in [3.63, 3.8) is 0 Å². The number of hydrogen-bond acceptors (Lipinski definition) is 3. The van der Waals surface area contributed by atoms with Crippen molar-refractivity contribution >= 4 is 22.9 Å². The van der Waals surface area contributed by atoms with Crippen LogP contribution in [0.2, 0.25) is 5.02 Å². The Labute approximate surface area is 129 Å². The second kappa shape index (κ2) is 5.59. The van der Waals surface area contributed by atoms with E-state index in [9.17, 15) is 13.2 Å². The fraction of sp³-hybridized carbons (Fsp3) is 0.357. The zero-order valence-corrected chi connectivity index (χ0v) is 12.4. The second-order valence-corrected chi connectivity index (χ2v) is 6.47. The summed E-state index contributed by atoms with van der Waals surface area (Å²) in [6, 6.07) is 7.01. The van der Waals surface area contributed by atoms with E-state index in [1.165, 1.54) is 0 Å². The summed E-state index contributed by atoms with van der Waals surface area (Å²) in [5, 5.41) is 4.02. The van der Waals surface area contributed by atoms with Gasteiger partial charge in [0.25, 0.3) is 0 Å². The van der Waals surface area contributed by atoms with Gasteiger partial charge < -0.3 is 5.32 Å². The zero-order valence-electron chi connectivity index (χ0n) is 10.9. The van der Waals surface area contributed by atoms with Crippen LogP contribution in [0.3, 0.4) is 0 Å². The Hall–Kier alpha value is -1.11. The maximum absolute atomic E-state index is 13.1. The van der Waals surface area contributed by atoms with Crippen LogP contribution < -0.4 is 5.32 Å². The van der Waals surface area contributed by atoms with Gasteiger partial charge in [0, 0.05) is 23.2 Å². The number of aromatic nitrogens is 1. The van der Waals surface area contributed by atoms with E-state index in [2.05, 4.69) is 10.3 Å². The minimum absolute atomic E-state index is 0.213. The molecule has 3 rings (SSSR count). The van der Waals surface area contributed by atoms with E-state index >= 15 is 0 Å². The molecule has 1 aliphatic rings. The van der Waals surface area contributed by atoms with Crippen LogP contribution in [0.15, 0.2) is 24.3 Å². The molecule has 2 aromatic rings. The molecule has 0 unspecified atom stereocenters. The molecule has 0 amide bonds. The average molecular weight is 333 g/mol. The highest BCUT2D eigenvalue weighted by Crippen LogP contribution is 2.38. The summed E-state index contributed by atoms with van der Waals surface area (Å²) >= 11 is 6.87. The van der Waals surface area contributed by atoms with Crippen molar-refractivity contribution in [2.24, 2.45) is 0 Å². The smallest absolute Gasteiger partial charge is 0.309 e. The molecule has 7 heteroatoms. The summed E-state index contributed by atoms with van der Waals surface area (Å²) in [4.78, 5) is 4.03. The van der Waals surface area contributed by atoms with E-state index in [0.29, 0.717) is 21.6 Å². The molecule has 112 valence electrons. The lowest BCUT2D eigenvalue weighted by atomic mass is 10.2. The maximum atomic E-state index is 13.1. The fourth-order valence-corrected chi connectivity index (χ4v) is 3.10. The quantitative estimate of drug-likeness (QED) is 0.875. The number of nitrogens with one attached hydrogen (secondary N) is 1. The van der Waals surface area contributed by atoms with Gasteiger partial charge in [-0.25, -0.2) is 4.98 Å². The summed E-state index contributed by atoms with van der Waals surface area (Å²) in [5.74, 6) is 0. The Morgan fingerprint density at radius 3 is 2.48 bits per heavy atom. The monoisotopic (exact) mass is 332 g/mol. The Bertz CT molecular complexity index is 633. The van der Waals surface area contributed by atoms with Gasteiger partial charge in [0.1, 0.15) is 5.01 Å². The Morgan fingerprint density at radius 1 is 1.24 bits per heavy atom. The number of thiazole rings is 1. The molecule has 0 radical (unpaired) electrons. The average Bonchev–Trinajstić information content (AvgIpc) is 3.14. The molecule has 0 bridgehead atoms. The van der Waals surface area contributed by atoms with E-state index in [4.69, 9.17) is 11.6 Å². The van der Waals surface area contributed by atoms with E-state index in [1.807, 2.05) is 0 Å². The molecule has 21 heavy (non-hydrogen) atoms. The highest BCUT2D eigenvalue weighted by atomic mass is 35.5. The summed E-state index contributed by atoms with van der Waals surface area (Å²) in [7, 11) is 0. The van der Waals surface area contributed by atoms with Crippen molar-refractivity contribution < 1.29 is 13.2 Å². The lowest BCUT2D eigenvalue weighted by Crippen LogP contribution is -2.18. The SMILES string of the molecule is FC(F)(F)c1nc(-c2ccc(Cl)cc2)sc1CNC1CC1. The second-order valence-electron chi connectivity index (χ2n) is 4.95. The van der Waals surface area contributed by atoms with E-state index in [1.54, 1.807) is 24.3 Å². The maximum Gasteiger partial charge on any atom is 0.434 e.